The van der Waals surface area contributed by atoms with Crippen LogP contribution in [-0.2, 0) is 9.53 Å². The van der Waals surface area contributed by atoms with Crippen molar-refractivity contribution in [3.63, 3.8) is 0 Å². The number of carbonyl (C=O) groups excluding carboxylic acids is 1. The van der Waals surface area contributed by atoms with Crippen LogP contribution < -0.4 is 5.73 Å². The monoisotopic (exact) mass is 187 g/mol. The van der Waals surface area contributed by atoms with Gasteiger partial charge >= 0.3 is 0 Å². The molecule has 3 nitrogen and oxygen atoms in total. The summed E-state index contributed by atoms with van der Waals surface area (Å²) >= 11 is 0. The molecule has 2 atom stereocenters. The summed E-state index contributed by atoms with van der Waals surface area (Å²) in [4.78, 5) is 10.8. The molecule has 0 spiro atoms. The Morgan fingerprint density at radius 3 is 2.46 bits per heavy atom. The lowest BCUT2D eigenvalue weighted by Gasteiger charge is -2.15. The third-order valence-electron chi connectivity index (χ3n) is 2.05. The average Bonchev–Trinajstić information content (AvgIpc) is 2.05. The second kappa shape index (κ2) is 6.89. The van der Waals surface area contributed by atoms with Crippen molar-refractivity contribution in [3.05, 3.63) is 0 Å². The van der Waals surface area contributed by atoms with E-state index in [1.165, 1.54) is 0 Å². The Labute approximate surface area is 80.6 Å². The summed E-state index contributed by atoms with van der Waals surface area (Å²) in [6.45, 7) is 6.80. The van der Waals surface area contributed by atoms with Crippen molar-refractivity contribution in [1.82, 2.24) is 0 Å². The highest BCUT2D eigenvalue weighted by Crippen LogP contribution is 2.07. The first-order chi connectivity index (χ1) is 6.11. The molecule has 0 radical (unpaired) electrons. The predicted molar refractivity (Wildman–Crippen MR) is 53.3 cm³/mol. The van der Waals surface area contributed by atoms with Crippen molar-refractivity contribution in [2.24, 2.45) is 11.7 Å². The van der Waals surface area contributed by atoms with Crippen molar-refractivity contribution in [3.8, 4) is 0 Å². The minimum atomic E-state index is -0.403. The highest BCUT2D eigenvalue weighted by Gasteiger charge is 2.14. The van der Waals surface area contributed by atoms with Gasteiger partial charge in [-0.1, -0.05) is 27.2 Å². The van der Waals surface area contributed by atoms with Gasteiger partial charge in [0.05, 0.1) is 6.61 Å². The first-order valence-electron chi connectivity index (χ1n) is 5.02. The van der Waals surface area contributed by atoms with E-state index >= 15 is 0 Å². The molecule has 0 aliphatic carbocycles. The number of primary amides is 1. The fourth-order valence-corrected chi connectivity index (χ4v) is 1.26. The zero-order valence-corrected chi connectivity index (χ0v) is 8.88. The van der Waals surface area contributed by atoms with Gasteiger partial charge in [-0.15, -0.1) is 0 Å². The summed E-state index contributed by atoms with van der Waals surface area (Å²) in [5, 5.41) is 0. The van der Waals surface area contributed by atoms with Crippen LogP contribution in [0.15, 0.2) is 0 Å². The van der Waals surface area contributed by atoms with E-state index in [2.05, 4.69) is 13.8 Å². The quantitative estimate of drug-likeness (QED) is 0.659. The number of ether oxygens (including phenoxy) is 1. The van der Waals surface area contributed by atoms with E-state index in [0.29, 0.717) is 18.9 Å². The average molecular weight is 187 g/mol. The maximum absolute atomic E-state index is 10.8. The smallest absolute Gasteiger partial charge is 0.246 e. The molecule has 0 aromatic rings. The van der Waals surface area contributed by atoms with Crippen LogP contribution in [0.25, 0.3) is 0 Å². The molecule has 0 saturated heterocycles. The Kier molecular flexibility index (Phi) is 6.59. The third-order valence-corrected chi connectivity index (χ3v) is 2.05. The minimum Gasteiger partial charge on any atom is -0.368 e. The number of rotatable bonds is 7. The van der Waals surface area contributed by atoms with Crippen LogP contribution in [0.4, 0.5) is 0 Å². The second-order valence-electron chi connectivity index (χ2n) is 3.53. The number of amides is 1. The summed E-state index contributed by atoms with van der Waals surface area (Å²) in [6, 6.07) is 0. The van der Waals surface area contributed by atoms with E-state index in [1.807, 2.05) is 6.92 Å². The molecule has 0 aromatic carbocycles. The van der Waals surface area contributed by atoms with Gasteiger partial charge in [0.15, 0.2) is 0 Å². The Balaban J connectivity index is 3.65. The largest absolute Gasteiger partial charge is 0.368 e. The van der Waals surface area contributed by atoms with Gasteiger partial charge < -0.3 is 10.5 Å². The molecule has 0 bridgehead atoms. The Morgan fingerprint density at radius 2 is 2.08 bits per heavy atom. The van der Waals surface area contributed by atoms with E-state index in [0.717, 1.165) is 12.8 Å². The summed E-state index contributed by atoms with van der Waals surface area (Å²) in [7, 11) is 0. The minimum absolute atomic E-state index is 0.355. The van der Waals surface area contributed by atoms with E-state index in [4.69, 9.17) is 10.5 Å². The van der Waals surface area contributed by atoms with Gasteiger partial charge in [0.2, 0.25) is 5.91 Å². The second-order valence-corrected chi connectivity index (χ2v) is 3.53. The zero-order valence-electron chi connectivity index (χ0n) is 8.88. The number of hydrogen-bond acceptors (Lipinski definition) is 2. The van der Waals surface area contributed by atoms with Crippen LogP contribution in [0.1, 0.15) is 40.0 Å². The van der Waals surface area contributed by atoms with Crippen LogP contribution in [0.5, 0.6) is 0 Å². The highest BCUT2D eigenvalue weighted by atomic mass is 16.5. The molecule has 3 heteroatoms. The molecule has 2 N–H and O–H groups in total. The van der Waals surface area contributed by atoms with Crippen LogP contribution >= 0.6 is 0 Å². The van der Waals surface area contributed by atoms with Crippen molar-refractivity contribution >= 4 is 5.91 Å². The molecule has 0 aliphatic rings. The van der Waals surface area contributed by atoms with Gasteiger partial charge in [-0.05, 0) is 18.8 Å². The van der Waals surface area contributed by atoms with Gasteiger partial charge in [0, 0.05) is 0 Å². The summed E-state index contributed by atoms with van der Waals surface area (Å²) in [6.07, 6.45) is 2.54. The third kappa shape index (κ3) is 5.64. The SMILES string of the molecule is CCCC(C)COC(CC)C(N)=O. The van der Waals surface area contributed by atoms with Crippen LogP contribution in [-0.4, -0.2) is 18.6 Å². The molecular weight excluding hydrogens is 166 g/mol. The Bertz CT molecular complexity index is 148. The first-order valence-corrected chi connectivity index (χ1v) is 5.02. The fourth-order valence-electron chi connectivity index (χ4n) is 1.26. The molecule has 13 heavy (non-hydrogen) atoms. The normalized spacial score (nSPS) is 15.3. The zero-order chi connectivity index (χ0) is 10.3. The summed E-state index contributed by atoms with van der Waals surface area (Å²) in [5.74, 6) is 0.157. The van der Waals surface area contributed by atoms with E-state index < -0.39 is 6.10 Å². The van der Waals surface area contributed by atoms with Crippen LogP contribution in [0.2, 0.25) is 0 Å². The maximum Gasteiger partial charge on any atom is 0.246 e. The van der Waals surface area contributed by atoms with Crippen molar-refractivity contribution in [2.45, 2.75) is 46.1 Å². The van der Waals surface area contributed by atoms with Crippen molar-refractivity contribution in [2.75, 3.05) is 6.61 Å². The molecule has 1 amide bonds. The Morgan fingerprint density at radius 1 is 1.46 bits per heavy atom. The summed E-state index contributed by atoms with van der Waals surface area (Å²) in [5.41, 5.74) is 5.14. The van der Waals surface area contributed by atoms with Gasteiger partial charge in [-0.25, -0.2) is 0 Å². The van der Waals surface area contributed by atoms with Gasteiger partial charge in [-0.3, -0.25) is 4.79 Å². The summed E-state index contributed by atoms with van der Waals surface area (Å²) < 4.78 is 5.39. The Hall–Kier alpha value is -0.570. The fraction of sp³-hybridized carbons (Fsp3) is 0.900. The molecule has 78 valence electrons. The molecule has 0 rings (SSSR count). The lowest BCUT2D eigenvalue weighted by molar-refractivity contribution is -0.130. The van der Waals surface area contributed by atoms with E-state index in [1.54, 1.807) is 0 Å². The molecule has 0 heterocycles. The lowest BCUT2D eigenvalue weighted by Crippen LogP contribution is -2.31. The van der Waals surface area contributed by atoms with Crippen molar-refractivity contribution < 1.29 is 9.53 Å². The molecule has 0 fully saturated rings. The highest BCUT2D eigenvalue weighted by molar-refractivity contribution is 5.78. The number of nitrogens with two attached hydrogens (primary N) is 1. The number of carbonyl (C=O) groups is 1. The van der Waals surface area contributed by atoms with Gasteiger partial charge in [0.1, 0.15) is 6.10 Å². The van der Waals surface area contributed by atoms with E-state index in [-0.39, 0.29) is 5.91 Å². The predicted octanol–water partition coefficient (Wildman–Crippen LogP) is 1.70. The molecular formula is C10H21NO2. The standard InChI is InChI=1S/C10H21NO2/c1-4-6-8(3)7-13-9(5-2)10(11)12/h8-9H,4-7H2,1-3H3,(H2,11,12). The van der Waals surface area contributed by atoms with Gasteiger partial charge in [-0.2, -0.15) is 0 Å². The lowest BCUT2D eigenvalue weighted by atomic mass is 10.1. The molecule has 0 saturated carbocycles. The van der Waals surface area contributed by atoms with E-state index in [9.17, 15) is 4.79 Å². The first kappa shape index (κ1) is 12.4. The topological polar surface area (TPSA) is 52.3 Å². The van der Waals surface area contributed by atoms with Crippen molar-refractivity contribution in [1.29, 1.82) is 0 Å². The van der Waals surface area contributed by atoms with Gasteiger partial charge in [0.25, 0.3) is 0 Å². The maximum atomic E-state index is 10.8. The molecule has 0 aromatic heterocycles. The molecule has 0 aliphatic heterocycles. The molecule has 2 unspecified atom stereocenters. The van der Waals surface area contributed by atoms with Crippen LogP contribution in [0, 0.1) is 5.92 Å². The number of hydrogen-bond donors (Lipinski definition) is 1. The van der Waals surface area contributed by atoms with Crippen LogP contribution in [0.3, 0.4) is 0 Å².